The van der Waals surface area contributed by atoms with Crippen LogP contribution in [0, 0.1) is 5.82 Å². The molecular formula is C18H20ClFN2O4S. The Hall–Kier alpha value is -1.90. The van der Waals surface area contributed by atoms with Crippen LogP contribution in [0.2, 0.25) is 5.02 Å². The highest BCUT2D eigenvalue weighted by molar-refractivity contribution is 7.90. The van der Waals surface area contributed by atoms with Crippen molar-refractivity contribution in [3.05, 3.63) is 52.5 Å². The number of amides is 1. The fourth-order valence-corrected chi connectivity index (χ4v) is 4.06. The van der Waals surface area contributed by atoms with Gasteiger partial charge in [-0.05, 0) is 50.2 Å². The second-order valence-corrected chi connectivity index (χ2v) is 8.85. The maximum absolute atomic E-state index is 14.4. The quantitative estimate of drug-likeness (QED) is 0.785. The third-order valence-electron chi connectivity index (χ3n) is 4.54. The molecule has 9 heteroatoms. The number of carbonyl (C=O) groups excluding carboxylic acids is 1. The minimum Gasteiger partial charge on any atom is -0.440 e. The second kappa shape index (κ2) is 8.00. The van der Waals surface area contributed by atoms with Crippen molar-refractivity contribution >= 4 is 27.3 Å². The lowest BCUT2D eigenvalue weighted by molar-refractivity contribution is 0.0904. The van der Waals surface area contributed by atoms with E-state index in [1.54, 1.807) is 6.07 Å². The summed E-state index contributed by atoms with van der Waals surface area (Å²) in [6.07, 6.45) is 2.98. The number of rotatable bonds is 6. The fraction of sp³-hybridized carbons (Fsp3) is 0.389. The lowest BCUT2D eigenvalue weighted by atomic mass is 10.0. The van der Waals surface area contributed by atoms with Crippen LogP contribution in [0.4, 0.5) is 4.39 Å². The van der Waals surface area contributed by atoms with E-state index in [0.29, 0.717) is 10.6 Å². The van der Waals surface area contributed by atoms with Crippen LogP contribution in [-0.4, -0.2) is 45.1 Å². The number of nitrogens with zero attached hydrogens (tertiary/aromatic N) is 1. The fourth-order valence-electron chi connectivity index (χ4n) is 3.21. The molecule has 1 aromatic carbocycles. The van der Waals surface area contributed by atoms with Crippen molar-refractivity contribution < 1.29 is 22.0 Å². The highest BCUT2D eigenvalue weighted by Gasteiger charge is 2.28. The van der Waals surface area contributed by atoms with Crippen LogP contribution in [0.25, 0.3) is 0 Å². The summed E-state index contributed by atoms with van der Waals surface area (Å²) in [5.74, 6) is -1.11. The summed E-state index contributed by atoms with van der Waals surface area (Å²) in [6, 6.07) is 6.61. The Labute approximate surface area is 162 Å². The monoisotopic (exact) mass is 414 g/mol. The largest absolute Gasteiger partial charge is 0.440 e. The van der Waals surface area contributed by atoms with Crippen LogP contribution in [0.15, 0.2) is 39.8 Å². The van der Waals surface area contributed by atoms with Crippen molar-refractivity contribution in [1.29, 1.82) is 0 Å². The molecule has 0 radical (unpaired) electrons. The molecular weight excluding hydrogens is 395 g/mol. The van der Waals surface area contributed by atoms with Crippen molar-refractivity contribution in [2.45, 2.75) is 24.0 Å². The van der Waals surface area contributed by atoms with E-state index in [1.165, 1.54) is 24.3 Å². The van der Waals surface area contributed by atoms with Gasteiger partial charge in [0.2, 0.25) is 14.9 Å². The summed E-state index contributed by atoms with van der Waals surface area (Å²) in [6.45, 7) is 1.68. The smallest absolute Gasteiger partial charge is 0.287 e. The van der Waals surface area contributed by atoms with Crippen molar-refractivity contribution in [3.63, 3.8) is 0 Å². The normalized spacial score (nSPS) is 16.4. The van der Waals surface area contributed by atoms with E-state index in [-0.39, 0.29) is 17.4 Å². The van der Waals surface area contributed by atoms with Gasteiger partial charge in [0, 0.05) is 23.4 Å². The van der Waals surface area contributed by atoms with Gasteiger partial charge in [-0.15, -0.1) is 0 Å². The van der Waals surface area contributed by atoms with Crippen LogP contribution >= 0.6 is 11.6 Å². The van der Waals surface area contributed by atoms with Crippen LogP contribution in [-0.2, 0) is 9.84 Å². The lowest BCUT2D eigenvalue weighted by Gasteiger charge is -2.29. The molecule has 1 amide bonds. The van der Waals surface area contributed by atoms with Gasteiger partial charge in [-0.1, -0.05) is 17.7 Å². The van der Waals surface area contributed by atoms with E-state index >= 15 is 0 Å². The van der Waals surface area contributed by atoms with Gasteiger partial charge < -0.3 is 9.73 Å². The molecule has 2 heterocycles. The number of hydrogen-bond donors (Lipinski definition) is 1. The summed E-state index contributed by atoms with van der Waals surface area (Å²) in [4.78, 5) is 14.4. The molecule has 0 aliphatic carbocycles. The summed E-state index contributed by atoms with van der Waals surface area (Å²) < 4.78 is 42.5. The Balaban J connectivity index is 1.79. The average molecular weight is 415 g/mol. The third-order valence-corrected chi connectivity index (χ3v) is 5.82. The Morgan fingerprint density at radius 3 is 2.59 bits per heavy atom. The molecule has 1 aliphatic rings. The van der Waals surface area contributed by atoms with Crippen molar-refractivity contribution in [2.24, 2.45) is 0 Å². The van der Waals surface area contributed by atoms with Gasteiger partial charge in [0.25, 0.3) is 5.91 Å². The third kappa shape index (κ3) is 4.51. The molecule has 3 rings (SSSR count). The van der Waals surface area contributed by atoms with Gasteiger partial charge in [-0.3, -0.25) is 9.69 Å². The van der Waals surface area contributed by atoms with E-state index < -0.39 is 27.6 Å². The zero-order valence-corrected chi connectivity index (χ0v) is 16.3. The standard InChI is InChI=1S/C18H20ClFN2O4S/c1-27(24,25)16-8-7-15(26-16)18(23)21-11-14(22-9-2-3-10-22)17-12(19)5-4-6-13(17)20/h4-8,14H,2-3,9-11H2,1H3,(H,21,23). The Kier molecular flexibility index (Phi) is 5.88. The molecule has 1 fully saturated rings. The SMILES string of the molecule is CS(=O)(=O)c1ccc(C(=O)NCC(c2c(F)cccc2Cl)N2CCCC2)o1. The van der Waals surface area contributed by atoms with Gasteiger partial charge in [-0.2, -0.15) is 0 Å². The predicted octanol–water partition coefficient (Wildman–Crippen LogP) is 3.04. The van der Waals surface area contributed by atoms with E-state index in [4.69, 9.17) is 16.0 Å². The maximum Gasteiger partial charge on any atom is 0.287 e. The Morgan fingerprint density at radius 1 is 1.30 bits per heavy atom. The summed E-state index contributed by atoms with van der Waals surface area (Å²) in [7, 11) is -3.54. The van der Waals surface area contributed by atoms with Gasteiger partial charge in [0.15, 0.2) is 5.76 Å². The minimum absolute atomic E-state index is 0.116. The zero-order valence-electron chi connectivity index (χ0n) is 14.7. The molecule has 1 aliphatic heterocycles. The molecule has 1 N–H and O–H groups in total. The number of halogens is 2. The first kappa shape index (κ1) is 19.9. The van der Waals surface area contributed by atoms with Crippen LogP contribution in [0.1, 0.15) is 35.0 Å². The first-order valence-corrected chi connectivity index (χ1v) is 10.8. The van der Waals surface area contributed by atoms with E-state index in [1.807, 2.05) is 0 Å². The highest BCUT2D eigenvalue weighted by atomic mass is 35.5. The van der Waals surface area contributed by atoms with Crippen LogP contribution in [0.5, 0.6) is 0 Å². The molecule has 146 valence electrons. The number of nitrogens with one attached hydrogen (secondary N) is 1. The van der Waals surface area contributed by atoms with Crippen LogP contribution < -0.4 is 5.32 Å². The van der Waals surface area contributed by atoms with Crippen molar-refractivity contribution in [3.8, 4) is 0 Å². The predicted molar refractivity (Wildman–Crippen MR) is 99.1 cm³/mol. The Morgan fingerprint density at radius 2 is 2.00 bits per heavy atom. The summed E-state index contributed by atoms with van der Waals surface area (Å²) >= 11 is 6.22. The first-order valence-electron chi connectivity index (χ1n) is 8.53. The average Bonchev–Trinajstić information content (AvgIpc) is 3.28. The van der Waals surface area contributed by atoms with Gasteiger partial charge >= 0.3 is 0 Å². The number of likely N-dealkylation sites (tertiary alicyclic amines) is 1. The number of benzene rings is 1. The molecule has 1 saturated heterocycles. The molecule has 0 bridgehead atoms. The molecule has 6 nitrogen and oxygen atoms in total. The summed E-state index contributed by atoms with van der Waals surface area (Å²) in [5.41, 5.74) is 0.345. The summed E-state index contributed by atoms with van der Waals surface area (Å²) in [5, 5.41) is 2.73. The Bertz CT molecular complexity index is 918. The lowest BCUT2D eigenvalue weighted by Crippen LogP contribution is -2.37. The number of carbonyl (C=O) groups is 1. The highest BCUT2D eigenvalue weighted by Crippen LogP contribution is 2.32. The van der Waals surface area contributed by atoms with Crippen molar-refractivity contribution in [1.82, 2.24) is 10.2 Å². The van der Waals surface area contributed by atoms with Gasteiger partial charge in [0.1, 0.15) is 5.82 Å². The minimum atomic E-state index is -3.54. The van der Waals surface area contributed by atoms with Crippen molar-refractivity contribution in [2.75, 3.05) is 25.9 Å². The molecule has 0 spiro atoms. The molecule has 0 saturated carbocycles. The van der Waals surface area contributed by atoms with E-state index in [2.05, 4.69) is 10.2 Å². The van der Waals surface area contributed by atoms with E-state index in [9.17, 15) is 17.6 Å². The second-order valence-electron chi connectivity index (χ2n) is 6.50. The number of sulfone groups is 1. The number of hydrogen-bond acceptors (Lipinski definition) is 5. The van der Waals surface area contributed by atoms with Gasteiger partial charge in [-0.25, -0.2) is 12.8 Å². The molecule has 27 heavy (non-hydrogen) atoms. The molecule has 1 aromatic heterocycles. The first-order chi connectivity index (χ1) is 12.8. The molecule has 1 unspecified atom stereocenters. The topological polar surface area (TPSA) is 79.6 Å². The molecule has 1 atom stereocenters. The van der Waals surface area contributed by atoms with Gasteiger partial charge in [0.05, 0.1) is 6.04 Å². The molecule has 2 aromatic rings. The zero-order chi connectivity index (χ0) is 19.6. The van der Waals surface area contributed by atoms with E-state index in [0.717, 1.165) is 32.2 Å². The maximum atomic E-state index is 14.4. The van der Waals surface area contributed by atoms with Crippen LogP contribution in [0.3, 0.4) is 0 Å². The number of furan rings is 1.